The molecule has 36 heavy (non-hydrogen) atoms. The second kappa shape index (κ2) is 11.4. The molecule has 2 aromatic carbocycles. The average Bonchev–Trinajstić information content (AvgIpc) is 2.88. The Labute approximate surface area is 210 Å². The number of rotatable bonds is 9. The van der Waals surface area contributed by atoms with Crippen LogP contribution >= 0.6 is 0 Å². The van der Waals surface area contributed by atoms with Crippen molar-refractivity contribution in [2.45, 2.75) is 20.0 Å². The van der Waals surface area contributed by atoms with Gasteiger partial charge < -0.3 is 10.5 Å². The summed E-state index contributed by atoms with van der Waals surface area (Å²) in [5.41, 5.74) is 6.99. The van der Waals surface area contributed by atoms with Gasteiger partial charge in [-0.05, 0) is 30.2 Å². The highest BCUT2D eigenvalue weighted by molar-refractivity contribution is 6.01. The molecule has 1 fully saturated rings. The minimum Gasteiger partial charge on any atom is -0.494 e. The van der Waals surface area contributed by atoms with Gasteiger partial charge in [-0.25, -0.2) is 4.79 Å². The van der Waals surface area contributed by atoms with Crippen LogP contribution in [0, 0.1) is 0 Å². The summed E-state index contributed by atoms with van der Waals surface area (Å²) in [7, 11) is 1.38. The molecule has 4 rings (SSSR count). The molecule has 1 aliphatic rings. The molecule has 2 heterocycles. The topological polar surface area (TPSA) is 103 Å². The number of nitrogens with two attached hydrogens (primary N) is 1. The largest absolute Gasteiger partial charge is 0.494 e. The average molecular weight is 492 g/mol. The van der Waals surface area contributed by atoms with Crippen LogP contribution < -0.4 is 21.7 Å². The van der Waals surface area contributed by atoms with Crippen molar-refractivity contribution in [3.05, 3.63) is 92.1 Å². The first kappa shape index (κ1) is 25.4. The molecule has 3 aromatic rings. The third-order valence-corrected chi connectivity index (χ3v) is 6.52. The Bertz CT molecular complexity index is 1310. The summed E-state index contributed by atoms with van der Waals surface area (Å²) in [6.45, 7) is 6.72. The molecule has 2 N–H and O–H groups in total. The number of Topliss-reactive ketones (excluding diaryl/α,β-unsaturated/α-hetero) is 1. The maximum Gasteiger partial charge on any atom is 0.332 e. The van der Waals surface area contributed by atoms with Crippen molar-refractivity contribution >= 4 is 11.6 Å². The van der Waals surface area contributed by atoms with Crippen molar-refractivity contribution in [2.24, 2.45) is 7.05 Å². The van der Waals surface area contributed by atoms with Gasteiger partial charge in [0.25, 0.3) is 5.56 Å². The molecule has 1 aromatic heterocycles. The fourth-order valence-electron chi connectivity index (χ4n) is 4.47. The zero-order valence-corrected chi connectivity index (χ0v) is 20.9. The molecule has 0 atom stereocenters. The molecule has 0 unspecified atom stereocenters. The van der Waals surface area contributed by atoms with E-state index in [0.29, 0.717) is 19.7 Å². The van der Waals surface area contributed by atoms with Crippen LogP contribution in [0.3, 0.4) is 0 Å². The zero-order valence-electron chi connectivity index (χ0n) is 20.9. The van der Waals surface area contributed by atoms with Crippen LogP contribution in [0.15, 0.2) is 64.2 Å². The fraction of sp³-hybridized carbons (Fsp3) is 0.370. The molecule has 1 aliphatic heterocycles. The number of ketones is 1. The normalized spacial score (nSPS) is 14.6. The Morgan fingerprint density at radius 3 is 2.14 bits per heavy atom. The summed E-state index contributed by atoms with van der Waals surface area (Å²) < 4.78 is 7.75. The maximum atomic E-state index is 13.2. The first-order valence-electron chi connectivity index (χ1n) is 12.2. The van der Waals surface area contributed by atoms with Gasteiger partial charge in [0.2, 0.25) is 0 Å². The highest BCUT2D eigenvalue weighted by Gasteiger charge is 2.25. The lowest BCUT2D eigenvalue weighted by molar-refractivity contribution is 0.0842. The number of hydrogen-bond acceptors (Lipinski definition) is 7. The summed E-state index contributed by atoms with van der Waals surface area (Å²) >= 11 is 0. The molecule has 9 heteroatoms. The van der Waals surface area contributed by atoms with E-state index in [-0.39, 0.29) is 30.3 Å². The van der Waals surface area contributed by atoms with Gasteiger partial charge in [0.15, 0.2) is 5.78 Å². The van der Waals surface area contributed by atoms with E-state index >= 15 is 0 Å². The summed E-state index contributed by atoms with van der Waals surface area (Å²) in [6, 6.07) is 17.4. The van der Waals surface area contributed by atoms with E-state index in [1.165, 1.54) is 17.2 Å². The Morgan fingerprint density at radius 2 is 1.50 bits per heavy atom. The van der Waals surface area contributed by atoms with Crippen molar-refractivity contribution < 1.29 is 9.53 Å². The SMILES string of the molecule is CCOc1ccc(CN2CCN(CC(=O)c3c(N)n(Cc4ccccc4)c(=O)n(C)c3=O)CC2)cc1. The van der Waals surface area contributed by atoms with Crippen LogP contribution in [0.4, 0.5) is 5.82 Å². The highest BCUT2D eigenvalue weighted by Crippen LogP contribution is 2.15. The molecular weight excluding hydrogens is 458 g/mol. The van der Waals surface area contributed by atoms with E-state index in [1.54, 1.807) is 0 Å². The molecule has 0 bridgehead atoms. The van der Waals surface area contributed by atoms with Crippen LogP contribution in [-0.4, -0.2) is 64.0 Å². The standard InChI is InChI=1S/C27H33N5O4/c1-3-36-22-11-9-21(10-12-22)17-30-13-15-31(16-14-30)19-23(33)24-25(28)32(27(35)29(2)26(24)34)18-20-7-5-4-6-8-20/h4-12H,3,13-19,28H2,1-2H3. The third-order valence-electron chi connectivity index (χ3n) is 6.52. The first-order chi connectivity index (χ1) is 17.4. The molecule has 0 aliphatic carbocycles. The minimum atomic E-state index is -0.652. The maximum absolute atomic E-state index is 13.2. The molecule has 1 saturated heterocycles. The molecule has 0 spiro atoms. The van der Waals surface area contributed by atoms with Crippen molar-refractivity contribution in [1.29, 1.82) is 0 Å². The number of carbonyl (C=O) groups is 1. The van der Waals surface area contributed by atoms with Gasteiger partial charge >= 0.3 is 5.69 Å². The van der Waals surface area contributed by atoms with Gasteiger partial charge in [0, 0.05) is 39.8 Å². The molecule has 0 radical (unpaired) electrons. The third kappa shape index (κ3) is 5.75. The number of nitrogens with zero attached hydrogens (tertiary/aromatic N) is 4. The summed E-state index contributed by atoms with van der Waals surface area (Å²) in [5, 5.41) is 0. The quantitative estimate of drug-likeness (QED) is 0.454. The molecule has 190 valence electrons. The van der Waals surface area contributed by atoms with Gasteiger partial charge in [-0.3, -0.25) is 28.5 Å². The van der Waals surface area contributed by atoms with Gasteiger partial charge in [-0.15, -0.1) is 0 Å². The Kier molecular flexibility index (Phi) is 8.02. The van der Waals surface area contributed by atoms with Gasteiger partial charge in [0.1, 0.15) is 17.1 Å². The van der Waals surface area contributed by atoms with E-state index in [2.05, 4.69) is 17.0 Å². The van der Waals surface area contributed by atoms with E-state index in [9.17, 15) is 14.4 Å². The van der Waals surface area contributed by atoms with Crippen LogP contribution in [0.2, 0.25) is 0 Å². The number of nitrogen functional groups attached to an aromatic ring is 1. The number of hydrogen-bond donors (Lipinski definition) is 1. The Balaban J connectivity index is 1.41. The molecular formula is C27H33N5O4. The highest BCUT2D eigenvalue weighted by atomic mass is 16.5. The van der Waals surface area contributed by atoms with E-state index < -0.39 is 11.2 Å². The number of aromatic nitrogens is 2. The number of anilines is 1. The predicted molar refractivity (Wildman–Crippen MR) is 140 cm³/mol. The van der Waals surface area contributed by atoms with Gasteiger partial charge in [-0.2, -0.15) is 0 Å². The molecule has 0 amide bonds. The fourth-order valence-corrected chi connectivity index (χ4v) is 4.47. The smallest absolute Gasteiger partial charge is 0.332 e. The Hall–Kier alpha value is -3.69. The molecule has 0 saturated carbocycles. The number of piperazine rings is 1. The number of ether oxygens (including phenoxy) is 1. The number of benzene rings is 2. The predicted octanol–water partition coefficient (Wildman–Crippen LogP) is 1.58. The van der Waals surface area contributed by atoms with Crippen LogP contribution in [-0.2, 0) is 20.1 Å². The lowest BCUT2D eigenvalue weighted by Gasteiger charge is -2.34. The van der Waals surface area contributed by atoms with Crippen molar-refractivity contribution in [3.8, 4) is 5.75 Å². The van der Waals surface area contributed by atoms with E-state index in [4.69, 9.17) is 10.5 Å². The van der Waals surface area contributed by atoms with Gasteiger partial charge in [0.05, 0.1) is 19.7 Å². The van der Waals surface area contributed by atoms with Crippen molar-refractivity contribution in [3.63, 3.8) is 0 Å². The second-order valence-electron chi connectivity index (χ2n) is 9.03. The van der Waals surface area contributed by atoms with Crippen molar-refractivity contribution in [2.75, 3.05) is 45.1 Å². The zero-order chi connectivity index (χ0) is 25.7. The summed E-state index contributed by atoms with van der Waals surface area (Å²) in [5.74, 6) is 0.422. The van der Waals surface area contributed by atoms with Crippen molar-refractivity contribution in [1.82, 2.24) is 18.9 Å². The lowest BCUT2D eigenvalue weighted by Crippen LogP contribution is -2.49. The van der Waals surface area contributed by atoms with E-state index in [1.807, 2.05) is 54.3 Å². The summed E-state index contributed by atoms with van der Waals surface area (Å²) in [4.78, 5) is 43.1. The summed E-state index contributed by atoms with van der Waals surface area (Å²) in [6.07, 6.45) is 0. The van der Waals surface area contributed by atoms with Gasteiger partial charge in [-0.1, -0.05) is 42.5 Å². The van der Waals surface area contributed by atoms with Crippen LogP contribution in [0.5, 0.6) is 5.75 Å². The number of carbonyl (C=O) groups excluding carboxylic acids is 1. The minimum absolute atomic E-state index is 0.0777. The van der Waals surface area contributed by atoms with Crippen LogP contribution in [0.25, 0.3) is 0 Å². The second-order valence-corrected chi connectivity index (χ2v) is 9.03. The molecule has 9 nitrogen and oxygen atoms in total. The first-order valence-corrected chi connectivity index (χ1v) is 12.2. The van der Waals surface area contributed by atoms with E-state index in [0.717, 1.165) is 35.5 Å². The van der Waals surface area contributed by atoms with Crippen LogP contribution in [0.1, 0.15) is 28.4 Å². The lowest BCUT2D eigenvalue weighted by atomic mass is 10.1. The Morgan fingerprint density at radius 1 is 0.889 bits per heavy atom. The monoisotopic (exact) mass is 491 g/mol.